The van der Waals surface area contributed by atoms with Crippen LogP contribution in [0.3, 0.4) is 0 Å². The molecule has 45 heavy (non-hydrogen) atoms. The highest BCUT2D eigenvalue weighted by Crippen LogP contribution is 2.47. The fourth-order valence-electron chi connectivity index (χ4n) is 6.28. The molecule has 2 aliphatic heterocycles. The molecule has 7 nitrogen and oxygen atoms in total. The second-order valence-electron chi connectivity index (χ2n) is 12.2. The van der Waals surface area contributed by atoms with Gasteiger partial charge in [-0.15, -0.1) is 0 Å². The summed E-state index contributed by atoms with van der Waals surface area (Å²) in [6, 6.07) is 27.2. The van der Waals surface area contributed by atoms with Crippen molar-refractivity contribution in [1.29, 1.82) is 0 Å². The Morgan fingerprint density at radius 2 is 1.62 bits per heavy atom. The first-order chi connectivity index (χ1) is 21.8. The number of hydrogen-bond acceptors (Lipinski definition) is 6. The minimum absolute atomic E-state index is 0.387. The third kappa shape index (κ3) is 6.49. The van der Waals surface area contributed by atoms with Crippen molar-refractivity contribution in [3.8, 4) is 5.69 Å². The number of benzene rings is 3. The lowest BCUT2D eigenvalue weighted by molar-refractivity contribution is -0.553. The average molecular weight is 643 g/mol. The van der Waals surface area contributed by atoms with Crippen LogP contribution in [0.15, 0.2) is 93.7 Å². The van der Waals surface area contributed by atoms with Gasteiger partial charge in [0.25, 0.3) is 5.82 Å². The van der Waals surface area contributed by atoms with Crippen molar-refractivity contribution in [2.45, 2.75) is 42.4 Å². The maximum atomic E-state index is 13.5. The SMILES string of the molecule is CCCN(CCN(C)C)c1cc(C=C2Sc3cc(S(=O)(=O)N4CCCCC4)ccc3N2C)c2ccccc2[n+]1-c1ccccc1. The molecule has 0 spiro atoms. The normalized spacial score (nSPS) is 16.6. The summed E-state index contributed by atoms with van der Waals surface area (Å²) in [6.45, 7) is 6.26. The quantitative estimate of drug-likeness (QED) is 0.182. The van der Waals surface area contributed by atoms with E-state index >= 15 is 0 Å². The molecular weight excluding hydrogens is 599 g/mol. The zero-order valence-corrected chi connectivity index (χ0v) is 28.4. The molecule has 1 fully saturated rings. The molecule has 0 saturated carbocycles. The van der Waals surface area contributed by atoms with Crippen LogP contribution in [0.1, 0.15) is 38.2 Å². The number of nitrogens with zero attached hydrogens (tertiary/aromatic N) is 5. The molecule has 0 amide bonds. The maximum Gasteiger partial charge on any atom is 0.282 e. The van der Waals surface area contributed by atoms with Gasteiger partial charge < -0.3 is 9.80 Å². The predicted octanol–water partition coefficient (Wildman–Crippen LogP) is 6.61. The van der Waals surface area contributed by atoms with E-state index in [1.807, 2.05) is 12.1 Å². The Morgan fingerprint density at radius 1 is 0.889 bits per heavy atom. The summed E-state index contributed by atoms with van der Waals surface area (Å²) in [5, 5.41) is 2.24. The van der Waals surface area contributed by atoms with Crippen LogP contribution in [0.25, 0.3) is 22.7 Å². The third-order valence-corrected chi connectivity index (χ3v) is 11.7. The number of pyridine rings is 1. The lowest BCUT2D eigenvalue weighted by Gasteiger charge is -2.26. The van der Waals surface area contributed by atoms with Gasteiger partial charge in [0, 0.05) is 43.0 Å². The molecule has 1 saturated heterocycles. The van der Waals surface area contributed by atoms with Crippen molar-refractivity contribution in [3.63, 3.8) is 0 Å². The summed E-state index contributed by atoms with van der Waals surface area (Å²) in [5.74, 6) is 1.16. The van der Waals surface area contributed by atoms with Gasteiger partial charge in [-0.1, -0.05) is 61.5 Å². The summed E-state index contributed by atoms with van der Waals surface area (Å²) >= 11 is 1.64. The summed E-state index contributed by atoms with van der Waals surface area (Å²) in [5.41, 5.74) is 4.46. The number of aromatic nitrogens is 1. The predicted molar refractivity (Wildman–Crippen MR) is 188 cm³/mol. The van der Waals surface area contributed by atoms with Crippen LogP contribution in [-0.2, 0) is 10.0 Å². The lowest BCUT2D eigenvalue weighted by Crippen LogP contribution is -2.44. The van der Waals surface area contributed by atoms with Crippen LogP contribution in [0.4, 0.5) is 11.5 Å². The molecule has 4 aromatic rings. The number of thioether (sulfide) groups is 1. The van der Waals surface area contributed by atoms with Gasteiger partial charge >= 0.3 is 0 Å². The zero-order chi connectivity index (χ0) is 31.6. The Labute approximate surface area is 272 Å². The monoisotopic (exact) mass is 642 g/mol. The van der Waals surface area contributed by atoms with Crippen LogP contribution in [0.2, 0.25) is 0 Å². The fraction of sp³-hybridized carbons (Fsp3) is 0.361. The molecule has 0 N–H and O–H groups in total. The third-order valence-electron chi connectivity index (χ3n) is 8.69. The molecule has 3 aromatic carbocycles. The van der Waals surface area contributed by atoms with Gasteiger partial charge in [0.1, 0.15) is 11.2 Å². The first kappa shape index (κ1) is 31.6. The molecule has 9 heteroatoms. The first-order valence-corrected chi connectivity index (χ1v) is 18.2. The Hall–Kier alpha value is -3.37. The Balaban J connectivity index is 1.44. The number of para-hydroxylation sites is 2. The number of likely N-dealkylation sites (N-methyl/N-ethyl adjacent to an activating group) is 1. The van der Waals surface area contributed by atoms with Crippen LogP contribution in [0.5, 0.6) is 0 Å². The zero-order valence-electron chi connectivity index (χ0n) is 26.8. The van der Waals surface area contributed by atoms with E-state index in [9.17, 15) is 8.42 Å². The molecule has 0 aliphatic carbocycles. The van der Waals surface area contributed by atoms with E-state index in [0.717, 1.165) is 83.5 Å². The van der Waals surface area contributed by atoms with Gasteiger partial charge in [-0.3, -0.25) is 4.90 Å². The minimum Gasteiger partial charge on any atom is -0.338 e. The van der Waals surface area contributed by atoms with Gasteiger partial charge in [0.05, 0.1) is 28.7 Å². The summed E-state index contributed by atoms with van der Waals surface area (Å²) in [4.78, 5) is 8.28. The molecule has 1 aromatic heterocycles. The minimum atomic E-state index is -3.50. The van der Waals surface area contributed by atoms with Gasteiger partial charge in [0.2, 0.25) is 10.0 Å². The Morgan fingerprint density at radius 3 is 2.36 bits per heavy atom. The topological polar surface area (TPSA) is 51.0 Å². The van der Waals surface area contributed by atoms with E-state index in [0.29, 0.717) is 18.0 Å². The van der Waals surface area contributed by atoms with Gasteiger partial charge in [-0.2, -0.15) is 8.87 Å². The number of sulfonamides is 1. The summed E-state index contributed by atoms with van der Waals surface area (Å²) < 4.78 is 31.0. The second kappa shape index (κ2) is 13.5. The van der Waals surface area contributed by atoms with Gasteiger partial charge in [-0.05, 0) is 81.4 Å². The van der Waals surface area contributed by atoms with Crippen molar-refractivity contribution in [2.75, 3.05) is 63.7 Å². The lowest BCUT2D eigenvalue weighted by atomic mass is 10.1. The molecule has 0 unspecified atom stereocenters. The van der Waals surface area contributed by atoms with Crippen molar-refractivity contribution in [1.82, 2.24) is 9.21 Å². The molecule has 2 aliphatic rings. The van der Waals surface area contributed by atoms with E-state index in [4.69, 9.17) is 0 Å². The number of rotatable bonds is 10. The number of fused-ring (bicyclic) bond motifs is 2. The molecule has 3 heterocycles. The number of piperidine rings is 1. The highest BCUT2D eigenvalue weighted by atomic mass is 32.2. The van der Waals surface area contributed by atoms with E-state index in [1.54, 1.807) is 22.1 Å². The number of hydrogen-bond donors (Lipinski definition) is 0. The smallest absolute Gasteiger partial charge is 0.282 e. The first-order valence-electron chi connectivity index (χ1n) is 16.0. The van der Waals surface area contributed by atoms with Crippen molar-refractivity contribution in [2.24, 2.45) is 0 Å². The fourth-order valence-corrected chi connectivity index (χ4v) is 9.04. The molecule has 0 radical (unpaired) electrons. The maximum absolute atomic E-state index is 13.5. The van der Waals surface area contributed by atoms with Crippen LogP contribution in [0, 0.1) is 0 Å². The van der Waals surface area contributed by atoms with Gasteiger partial charge in [-0.25, -0.2) is 8.42 Å². The van der Waals surface area contributed by atoms with E-state index in [-0.39, 0.29) is 0 Å². The standard InChI is InChI=1S/C36H44N5O2S2/c1-5-20-39(24-23-37(2)3)35-25-28(31-16-10-11-17-32(31)41(35)29-14-8-6-9-15-29)26-36-38(4)33-19-18-30(27-34(33)44-36)45(42,43)40-21-12-7-13-22-40/h6,8-11,14-19,25-27H,5,7,12-13,20-24H2,1-4H3/q+1. The Kier molecular flexibility index (Phi) is 9.52. The van der Waals surface area contributed by atoms with Crippen LogP contribution >= 0.6 is 11.8 Å². The van der Waals surface area contributed by atoms with Gasteiger partial charge in [0.15, 0.2) is 0 Å². The molecule has 6 rings (SSSR count). The Bertz CT molecular complexity index is 1800. The van der Waals surface area contributed by atoms with Crippen molar-refractivity contribution >= 4 is 50.3 Å². The molecule has 0 atom stereocenters. The van der Waals surface area contributed by atoms with Crippen LogP contribution in [-0.4, -0.2) is 71.5 Å². The molecule has 0 bridgehead atoms. The van der Waals surface area contributed by atoms with E-state index in [1.165, 1.54) is 5.39 Å². The molecule has 236 valence electrons. The van der Waals surface area contributed by atoms with Crippen molar-refractivity contribution in [3.05, 3.63) is 89.5 Å². The summed E-state index contributed by atoms with van der Waals surface area (Å²) in [6.07, 6.45) is 6.26. The average Bonchev–Trinajstić information content (AvgIpc) is 3.37. The highest BCUT2D eigenvalue weighted by Gasteiger charge is 2.30. The van der Waals surface area contributed by atoms with Crippen molar-refractivity contribution < 1.29 is 13.0 Å². The molecular formula is C36H44N5O2S2+. The highest BCUT2D eigenvalue weighted by molar-refractivity contribution is 8.04. The summed E-state index contributed by atoms with van der Waals surface area (Å²) in [7, 11) is 2.82. The second-order valence-corrected chi connectivity index (χ2v) is 15.2. The van der Waals surface area contributed by atoms with Crippen LogP contribution < -0.4 is 14.4 Å². The number of anilines is 2. The van der Waals surface area contributed by atoms with E-state index in [2.05, 4.69) is 114 Å². The van der Waals surface area contributed by atoms with E-state index < -0.39 is 10.0 Å². The largest absolute Gasteiger partial charge is 0.338 e.